The van der Waals surface area contributed by atoms with Crippen molar-refractivity contribution in [3.8, 4) is 33.4 Å². The molecule has 0 aliphatic carbocycles. The van der Waals surface area contributed by atoms with Gasteiger partial charge in [-0.3, -0.25) is 0 Å². The molecule has 1 heterocycles. The maximum Gasteiger partial charge on any atom is 0.0640 e. The van der Waals surface area contributed by atoms with Crippen LogP contribution in [-0.2, 0) is 0 Å². The zero-order valence-electron chi connectivity index (χ0n) is 28.4. The molecule has 1 aromatic heterocycles. The van der Waals surface area contributed by atoms with Crippen LogP contribution >= 0.6 is 11.3 Å². The molecule has 0 unspecified atom stereocenters. The van der Waals surface area contributed by atoms with E-state index in [1.807, 2.05) is 11.3 Å². The van der Waals surface area contributed by atoms with E-state index in [1.165, 1.54) is 80.8 Å². The SMILES string of the molecule is c1ccc(-c2ccc(-c3cccc(N(c4cccc5ccccc45)c4cccc5c4sc4c6ccccc6c(-c6ccccc6)cc54)c3)cc2)cc1. The van der Waals surface area contributed by atoms with Gasteiger partial charge in [-0.15, -0.1) is 11.3 Å². The third kappa shape index (κ3) is 5.16. The van der Waals surface area contributed by atoms with Crippen molar-refractivity contribution in [2.75, 3.05) is 4.90 Å². The average Bonchev–Trinajstić information content (AvgIpc) is 3.61. The number of rotatable bonds is 6. The van der Waals surface area contributed by atoms with Gasteiger partial charge in [-0.25, -0.2) is 0 Å². The fourth-order valence-electron chi connectivity index (χ4n) is 7.76. The van der Waals surface area contributed by atoms with E-state index in [-0.39, 0.29) is 0 Å². The largest absolute Gasteiger partial charge is 0.308 e. The molecule has 0 N–H and O–H groups in total. The summed E-state index contributed by atoms with van der Waals surface area (Å²) in [4.78, 5) is 2.47. The summed E-state index contributed by atoms with van der Waals surface area (Å²) in [5, 5.41) is 7.59. The van der Waals surface area contributed by atoms with E-state index in [0.717, 1.165) is 11.4 Å². The van der Waals surface area contributed by atoms with E-state index in [2.05, 4.69) is 205 Å². The number of thiophene rings is 1. The zero-order valence-corrected chi connectivity index (χ0v) is 29.2. The molecular weight excluding hydrogens is 647 g/mol. The third-order valence-corrected chi connectivity index (χ3v) is 11.5. The monoisotopic (exact) mass is 679 g/mol. The predicted octanol–water partition coefficient (Wildman–Crippen LogP) is 14.8. The van der Waals surface area contributed by atoms with Gasteiger partial charge in [0.15, 0.2) is 0 Å². The first kappa shape index (κ1) is 30.4. The van der Waals surface area contributed by atoms with Crippen LogP contribution in [0.4, 0.5) is 17.1 Å². The minimum Gasteiger partial charge on any atom is -0.308 e. The highest BCUT2D eigenvalue weighted by Crippen LogP contribution is 2.49. The minimum atomic E-state index is 1.13. The summed E-state index contributed by atoms with van der Waals surface area (Å²) in [7, 11) is 0. The maximum atomic E-state index is 2.47. The molecular formula is C50H33NS. The molecule has 0 bridgehead atoms. The van der Waals surface area contributed by atoms with Crippen LogP contribution in [0, 0.1) is 0 Å². The summed E-state index contributed by atoms with van der Waals surface area (Å²) in [6, 6.07) is 72.8. The Labute approximate surface area is 307 Å². The van der Waals surface area contributed by atoms with Gasteiger partial charge in [0.2, 0.25) is 0 Å². The first-order valence-corrected chi connectivity index (χ1v) is 18.6. The molecule has 10 rings (SSSR count). The lowest BCUT2D eigenvalue weighted by Crippen LogP contribution is -2.10. The van der Waals surface area contributed by atoms with Gasteiger partial charge in [0, 0.05) is 31.9 Å². The summed E-state index contributed by atoms with van der Waals surface area (Å²) >= 11 is 1.90. The van der Waals surface area contributed by atoms with Crippen LogP contribution in [0.25, 0.3) is 75.1 Å². The van der Waals surface area contributed by atoms with Crippen LogP contribution in [0.3, 0.4) is 0 Å². The number of anilines is 3. The van der Waals surface area contributed by atoms with Crippen molar-refractivity contribution in [1.29, 1.82) is 0 Å². The highest BCUT2D eigenvalue weighted by Gasteiger charge is 2.21. The van der Waals surface area contributed by atoms with Crippen LogP contribution in [-0.4, -0.2) is 0 Å². The molecule has 0 spiro atoms. The zero-order chi connectivity index (χ0) is 34.4. The van der Waals surface area contributed by atoms with Crippen molar-refractivity contribution in [2.45, 2.75) is 0 Å². The summed E-state index contributed by atoms with van der Waals surface area (Å²) in [6.45, 7) is 0. The number of nitrogens with zero attached hydrogens (tertiary/aromatic N) is 1. The van der Waals surface area contributed by atoms with Gasteiger partial charge < -0.3 is 4.90 Å². The van der Waals surface area contributed by atoms with Crippen LogP contribution in [0.2, 0.25) is 0 Å². The van der Waals surface area contributed by atoms with Gasteiger partial charge in [-0.05, 0) is 74.5 Å². The van der Waals surface area contributed by atoms with Crippen molar-refractivity contribution in [3.05, 3.63) is 200 Å². The van der Waals surface area contributed by atoms with Crippen LogP contribution in [0.1, 0.15) is 0 Å². The first-order valence-electron chi connectivity index (χ1n) is 17.8. The number of fused-ring (bicyclic) bond motifs is 6. The Hall–Kier alpha value is -6.48. The van der Waals surface area contributed by atoms with E-state index < -0.39 is 0 Å². The first-order chi connectivity index (χ1) is 25.8. The van der Waals surface area contributed by atoms with Crippen molar-refractivity contribution in [1.82, 2.24) is 0 Å². The van der Waals surface area contributed by atoms with Gasteiger partial charge in [-0.2, -0.15) is 0 Å². The van der Waals surface area contributed by atoms with Crippen LogP contribution in [0.15, 0.2) is 200 Å². The van der Waals surface area contributed by atoms with Gasteiger partial charge >= 0.3 is 0 Å². The second-order valence-corrected chi connectivity index (χ2v) is 14.3. The predicted molar refractivity (Wildman–Crippen MR) is 225 cm³/mol. The number of benzene rings is 9. The Morgan fingerprint density at radius 2 is 0.827 bits per heavy atom. The molecule has 9 aromatic carbocycles. The van der Waals surface area contributed by atoms with Gasteiger partial charge in [0.25, 0.3) is 0 Å². The standard InChI is InChI=1S/C50H33NS/c1-3-14-34(15-4-1)35-28-30-36(31-29-35)39-20-11-21-40(32-39)51(47-26-12-19-37-18-7-8-22-41(37)47)48-27-13-25-44-46-33-45(38-16-5-2-6-17-38)42-23-9-10-24-43(42)49(46)52-50(44)48/h1-33H. The number of hydrogen-bond donors (Lipinski definition) is 0. The molecule has 0 amide bonds. The van der Waals surface area contributed by atoms with Gasteiger partial charge in [0.1, 0.15) is 0 Å². The minimum absolute atomic E-state index is 1.13. The second kappa shape index (κ2) is 12.7. The quantitative estimate of drug-likeness (QED) is 0.169. The fraction of sp³-hybridized carbons (Fsp3) is 0. The molecule has 0 atom stereocenters. The Bertz CT molecular complexity index is 2880. The molecule has 0 aliphatic heterocycles. The molecule has 244 valence electrons. The van der Waals surface area contributed by atoms with Crippen molar-refractivity contribution in [2.24, 2.45) is 0 Å². The lowest BCUT2D eigenvalue weighted by atomic mass is 9.95. The summed E-state index contributed by atoms with van der Waals surface area (Å²) < 4.78 is 2.60. The Morgan fingerprint density at radius 1 is 0.308 bits per heavy atom. The van der Waals surface area contributed by atoms with Gasteiger partial charge in [-0.1, -0.05) is 170 Å². The highest BCUT2D eigenvalue weighted by atomic mass is 32.1. The number of hydrogen-bond acceptors (Lipinski definition) is 2. The lowest BCUT2D eigenvalue weighted by molar-refractivity contribution is 1.32. The molecule has 0 saturated carbocycles. The molecule has 0 saturated heterocycles. The van der Waals surface area contributed by atoms with E-state index >= 15 is 0 Å². The smallest absolute Gasteiger partial charge is 0.0640 e. The second-order valence-electron chi connectivity index (χ2n) is 13.3. The highest BCUT2D eigenvalue weighted by molar-refractivity contribution is 7.27. The molecule has 10 aromatic rings. The molecule has 2 heteroatoms. The molecule has 0 aliphatic rings. The average molecular weight is 680 g/mol. The van der Waals surface area contributed by atoms with Crippen molar-refractivity contribution < 1.29 is 0 Å². The third-order valence-electron chi connectivity index (χ3n) is 10.2. The lowest BCUT2D eigenvalue weighted by Gasteiger charge is -2.28. The summed E-state index contributed by atoms with van der Waals surface area (Å²) in [5.74, 6) is 0. The fourth-order valence-corrected chi connectivity index (χ4v) is 9.08. The van der Waals surface area contributed by atoms with Crippen molar-refractivity contribution in [3.63, 3.8) is 0 Å². The van der Waals surface area contributed by atoms with E-state index in [4.69, 9.17) is 0 Å². The molecule has 52 heavy (non-hydrogen) atoms. The van der Waals surface area contributed by atoms with Gasteiger partial charge in [0.05, 0.1) is 16.1 Å². The van der Waals surface area contributed by atoms with Crippen LogP contribution < -0.4 is 4.90 Å². The summed E-state index contributed by atoms with van der Waals surface area (Å²) in [6.07, 6.45) is 0. The van der Waals surface area contributed by atoms with E-state index in [0.29, 0.717) is 0 Å². The molecule has 0 radical (unpaired) electrons. The van der Waals surface area contributed by atoms with E-state index in [1.54, 1.807) is 0 Å². The Morgan fingerprint density at radius 3 is 1.62 bits per heavy atom. The van der Waals surface area contributed by atoms with E-state index in [9.17, 15) is 0 Å². The molecule has 1 nitrogen and oxygen atoms in total. The maximum absolute atomic E-state index is 2.47. The normalized spacial score (nSPS) is 11.5. The Kier molecular flexibility index (Phi) is 7.41. The topological polar surface area (TPSA) is 3.24 Å². The van der Waals surface area contributed by atoms with Crippen LogP contribution in [0.5, 0.6) is 0 Å². The Balaban J connectivity index is 1.20. The van der Waals surface area contributed by atoms with Crippen molar-refractivity contribution >= 4 is 70.1 Å². The molecule has 0 fully saturated rings. The summed E-state index contributed by atoms with van der Waals surface area (Å²) in [5.41, 5.74) is 10.8.